The molecule has 31 heavy (non-hydrogen) atoms. The molecule has 0 aromatic heterocycles. The van der Waals surface area contributed by atoms with E-state index in [-0.39, 0.29) is 23.4 Å². The molecule has 0 amide bonds. The largest absolute Gasteiger partial charge is 0.432 e. The third-order valence-corrected chi connectivity index (χ3v) is 5.71. The maximum atomic E-state index is 15.0. The van der Waals surface area contributed by atoms with Gasteiger partial charge >= 0.3 is 6.18 Å². The van der Waals surface area contributed by atoms with E-state index in [9.17, 15) is 26.3 Å². The highest BCUT2D eigenvalue weighted by molar-refractivity contribution is 9.10. The van der Waals surface area contributed by atoms with Crippen molar-refractivity contribution in [3.8, 4) is 0 Å². The number of halogens is 7. The Morgan fingerprint density at radius 1 is 1.23 bits per heavy atom. The second-order valence-electron chi connectivity index (χ2n) is 7.18. The van der Waals surface area contributed by atoms with Crippen molar-refractivity contribution >= 4 is 21.6 Å². The van der Waals surface area contributed by atoms with Crippen molar-refractivity contribution in [3.05, 3.63) is 76.1 Å². The first-order valence-corrected chi connectivity index (χ1v) is 10.2. The van der Waals surface area contributed by atoms with Crippen molar-refractivity contribution in [3.63, 3.8) is 0 Å². The van der Waals surface area contributed by atoms with E-state index >= 15 is 0 Å². The summed E-state index contributed by atoms with van der Waals surface area (Å²) in [7, 11) is 1.73. The molecule has 0 fully saturated rings. The molecular formula is C22H23BrF6N2. The quantitative estimate of drug-likeness (QED) is 0.317. The van der Waals surface area contributed by atoms with Crippen molar-refractivity contribution in [2.45, 2.75) is 38.0 Å². The second kappa shape index (κ2) is 8.76. The van der Waals surface area contributed by atoms with E-state index in [0.717, 1.165) is 23.4 Å². The lowest BCUT2D eigenvalue weighted by molar-refractivity contribution is -0.304. The van der Waals surface area contributed by atoms with E-state index in [1.165, 1.54) is 0 Å². The van der Waals surface area contributed by atoms with Gasteiger partial charge in [-0.25, -0.2) is 13.2 Å². The first-order chi connectivity index (χ1) is 14.2. The predicted molar refractivity (Wildman–Crippen MR) is 115 cm³/mol. The summed E-state index contributed by atoms with van der Waals surface area (Å²) in [5, 5.41) is 3.03. The number of hydrogen-bond donors (Lipinski definition) is 1. The van der Waals surface area contributed by atoms with Crippen molar-refractivity contribution in [1.29, 1.82) is 0 Å². The Bertz CT molecular complexity index is 927. The van der Waals surface area contributed by atoms with Gasteiger partial charge in [0.15, 0.2) is 0 Å². The number of allylic oxidation sites excluding steroid dienone is 3. The smallest absolute Gasteiger partial charge is 0.388 e. The molecule has 1 heterocycles. The molecule has 0 saturated carbocycles. The zero-order chi connectivity index (χ0) is 23.8. The van der Waals surface area contributed by atoms with Crippen LogP contribution in [0.25, 0.3) is 0 Å². The van der Waals surface area contributed by atoms with Crippen LogP contribution in [0.5, 0.6) is 0 Å². The molecule has 1 aliphatic rings. The summed E-state index contributed by atoms with van der Waals surface area (Å²) in [5.74, 6) is -4.68. The highest BCUT2D eigenvalue weighted by Crippen LogP contribution is 2.54. The average molecular weight is 509 g/mol. The summed E-state index contributed by atoms with van der Waals surface area (Å²) < 4.78 is 83.1. The SMILES string of the molecule is C=C/C=C(/NC)C1=CC(=C)N(c2c(Br)cc(C(F)(C(C)(F)F)C(F)(F)F)cc2CC)C1. The summed E-state index contributed by atoms with van der Waals surface area (Å²) in [4.78, 5) is 1.73. The molecule has 1 N–H and O–H groups in total. The number of nitrogens with one attached hydrogen (secondary N) is 1. The zero-order valence-corrected chi connectivity index (χ0v) is 18.9. The third-order valence-electron chi connectivity index (χ3n) is 5.10. The first kappa shape index (κ1) is 25.1. The van der Waals surface area contributed by atoms with E-state index in [0.29, 0.717) is 17.9 Å². The Kier molecular flexibility index (Phi) is 7.10. The number of likely N-dealkylation sites (N-methyl/N-ethyl adjacent to an activating group) is 1. The van der Waals surface area contributed by atoms with Gasteiger partial charge in [0, 0.05) is 35.4 Å². The van der Waals surface area contributed by atoms with Crippen LogP contribution in [-0.2, 0) is 12.1 Å². The molecule has 1 aliphatic heterocycles. The van der Waals surface area contributed by atoms with Gasteiger partial charge in [0.1, 0.15) is 0 Å². The van der Waals surface area contributed by atoms with Crippen LogP contribution in [-0.4, -0.2) is 25.7 Å². The number of nitrogens with zero attached hydrogens (tertiary/aromatic N) is 1. The minimum Gasteiger partial charge on any atom is -0.388 e. The lowest BCUT2D eigenvalue weighted by Gasteiger charge is -2.34. The van der Waals surface area contributed by atoms with Crippen LogP contribution in [0.4, 0.5) is 32.0 Å². The van der Waals surface area contributed by atoms with E-state index in [1.807, 2.05) is 0 Å². The van der Waals surface area contributed by atoms with E-state index < -0.39 is 23.3 Å². The maximum Gasteiger partial charge on any atom is 0.432 e. The van der Waals surface area contributed by atoms with Crippen LogP contribution in [0.15, 0.2) is 65.0 Å². The van der Waals surface area contributed by atoms with E-state index in [1.54, 1.807) is 37.1 Å². The molecule has 1 aromatic carbocycles. The van der Waals surface area contributed by atoms with E-state index in [4.69, 9.17) is 0 Å². The summed E-state index contributed by atoms with van der Waals surface area (Å²) >= 11 is 3.18. The number of anilines is 1. The molecule has 0 saturated heterocycles. The molecule has 1 aromatic rings. The Morgan fingerprint density at radius 2 is 1.84 bits per heavy atom. The molecular weight excluding hydrogens is 486 g/mol. The number of benzene rings is 1. The van der Waals surface area contributed by atoms with Gasteiger partial charge in [-0.2, -0.15) is 13.2 Å². The van der Waals surface area contributed by atoms with Crippen LogP contribution in [0, 0.1) is 0 Å². The molecule has 2 nitrogen and oxygen atoms in total. The van der Waals surface area contributed by atoms with Crippen molar-refractivity contribution in [2.24, 2.45) is 0 Å². The fourth-order valence-corrected chi connectivity index (χ4v) is 4.26. The molecule has 9 heteroatoms. The molecule has 0 bridgehead atoms. The predicted octanol–water partition coefficient (Wildman–Crippen LogP) is 6.94. The Hall–Kier alpha value is -2.16. The molecule has 0 spiro atoms. The first-order valence-electron chi connectivity index (χ1n) is 9.37. The number of aryl methyl sites for hydroxylation is 1. The lowest BCUT2D eigenvalue weighted by Crippen LogP contribution is -2.51. The van der Waals surface area contributed by atoms with Crippen LogP contribution in [0.2, 0.25) is 0 Å². The molecule has 170 valence electrons. The van der Waals surface area contributed by atoms with Gasteiger partial charge in [-0.3, -0.25) is 0 Å². The topological polar surface area (TPSA) is 15.3 Å². The van der Waals surface area contributed by atoms with Crippen molar-refractivity contribution < 1.29 is 26.3 Å². The molecule has 1 unspecified atom stereocenters. The second-order valence-corrected chi connectivity index (χ2v) is 8.03. The van der Waals surface area contributed by atoms with Gasteiger partial charge in [0.25, 0.3) is 11.6 Å². The number of alkyl halides is 6. The number of hydrogen-bond acceptors (Lipinski definition) is 2. The van der Waals surface area contributed by atoms with Gasteiger partial charge < -0.3 is 10.2 Å². The van der Waals surface area contributed by atoms with Gasteiger partial charge in [0.05, 0.1) is 12.2 Å². The maximum absolute atomic E-state index is 15.0. The Morgan fingerprint density at radius 3 is 2.29 bits per heavy atom. The lowest BCUT2D eigenvalue weighted by atomic mass is 9.87. The molecule has 2 rings (SSSR count). The highest BCUT2D eigenvalue weighted by atomic mass is 79.9. The van der Waals surface area contributed by atoms with Crippen LogP contribution in [0.3, 0.4) is 0 Å². The summed E-state index contributed by atoms with van der Waals surface area (Å²) in [6.45, 7) is 9.54. The normalized spacial score (nSPS) is 17.5. The minimum absolute atomic E-state index is 0.0619. The third kappa shape index (κ3) is 4.42. The van der Waals surface area contributed by atoms with Gasteiger partial charge in [-0.05, 0) is 57.8 Å². The fourth-order valence-electron chi connectivity index (χ4n) is 3.54. The van der Waals surface area contributed by atoms with Gasteiger partial charge in [-0.1, -0.05) is 26.2 Å². The minimum atomic E-state index is -5.81. The summed E-state index contributed by atoms with van der Waals surface area (Å²) in [6, 6.07) is 1.62. The van der Waals surface area contributed by atoms with Crippen molar-refractivity contribution in [2.75, 3.05) is 18.5 Å². The average Bonchev–Trinajstić information content (AvgIpc) is 3.03. The highest BCUT2D eigenvalue weighted by Gasteiger charge is 2.70. The summed E-state index contributed by atoms with van der Waals surface area (Å²) in [5.41, 5.74) is -3.10. The molecule has 1 atom stereocenters. The van der Waals surface area contributed by atoms with Crippen molar-refractivity contribution in [1.82, 2.24) is 5.32 Å². The Balaban J connectivity index is 2.61. The van der Waals surface area contributed by atoms with Gasteiger partial charge in [0.2, 0.25) is 0 Å². The zero-order valence-electron chi connectivity index (χ0n) is 17.3. The summed E-state index contributed by atoms with van der Waals surface area (Å²) in [6.07, 6.45) is -0.471. The van der Waals surface area contributed by atoms with Crippen LogP contribution < -0.4 is 10.2 Å². The van der Waals surface area contributed by atoms with Crippen LogP contribution in [0.1, 0.15) is 25.0 Å². The fraction of sp³-hybridized carbons (Fsp3) is 0.364. The monoisotopic (exact) mass is 508 g/mol. The number of rotatable bonds is 7. The van der Waals surface area contributed by atoms with Crippen LogP contribution >= 0.6 is 15.9 Å². The van der Waals surface area contributed by atoms with E-state index in [2.05, 4.69) is 34.4 Å². The standard InChI is InChI=1S/C22H23BrF6N2/c1-6-8-18(30-5)15-9-13(3)31(12-15)19-14(7-2)10-16(11-17(19)23)21(26,20(4,24)25)22(27,28)29/h6,8-11,30H,1,3,7,12H2,2,4-5H3/b18-8+. The molecule has 0 radical (unpaired) electrons. The van der Waals surface area contributed by atoms with Gasteiger partial charge in [-0.15, -0.1) is 0 Å². The Labute approximate surface area is 186 Å². The molecule has 0 aliphatic carbocycles.